The van der Waals surface area contributed by atoms with Gasteiger partial charge in [0.1, 0.15) is 5.54 Å². The van der Waals surface area contributed by atoms with Gasteiger partial charge in [0.2, 0.25) is 11.8 Å². The molecular formula is C16H23NO4. The number of hydrogen-bond acceptors (Lipinski definition) is 3. The van der Waals surface area contributed by atoms with Gasteiger partial charge in [0.15, 0.2) is 0 Å². The van der Waals surface area contributed by atoms with E-state index >= 15 is 0 Å². The second kappa shape index (κ2) is 5.11. The van der Waals surface area contributed by atoms with E-state index < -0.39 is 16.9 Å². The van der Waals surface area contributed by atoms with E-state index in [-0.39, 0.29) is 18.2 Å². The lowest BCUT2D eigenvalue weighted by Crippen LogP contribution is -2.59. The molecule has 2 saturated carbocycles. The molecule has 0 aromatic rings. The van der Waals surface area contributed by atoms with Crippen LogP contribution in [0.1, 0.15) is 70.6 Å². The van der Waals surface area contributed by atoms with Gasteiger partial charge in [-0.2, -0.15) is 0 Å². The van der Waals surface area contributed by atoms with Crippen LogP contribution in [0.4, 0.5) is 0 Å². The van der Waals surface area contributed by atoms with Crippen LogP contribution in [0.2, 0.25) is 0 Å². The first-order chi connectivity index (χ1) is 10.0. The first-order valence-corrected chi connectivity index (χ1v) is 8.13. The number of amides is 2. The van der Waals surface area contributed by atoms with E-state index in [1.54, 1.807) is 0 Å². The second-order valence-electron chi connectivity index (χ2n) is 6.95. The van der Waals surface area contributed by atoms with E-state index in [0.29, 0.717) is 12.8 Å². The van der Waals surface area contributed by atoms with Crippen molar-refractivity contribution in [2.75, 3.05) is 0 Å². The van der Waals surface area contributed by atoms with Gasteiger partial charge in [-0.05, 0) is 25.7 Å². The number of aliphatic carboxylic acids is 1. The van der Waals surface area contributed by atoms with Gasteiger partial charge < -0.3 is 5.11 Å². The van der Waals surface area contributed by atoms with Gasteiger partial charge in [-0.3, -0.25) is 14.5 Å². The van der Waals surface area contributed by atoms with Crippen LogP contribution in [0.5, 0.6) is 0 Å². The first-order valence-electron chi connectivity index (χ1n) is 8.13. The number of nitrogens with zero attached hydrogens (tertiary/aromatic N) is 1. The Kier molecular flexibility index (Phi) is 3.54. The molecule has 2 aliphatic carbocycles. The van der Waals surface area contributed by atoms with Gasteiger partial charge >= 0.3 is 5.97 Å². The Morgan fingerprint density at radius 3 is 1.95 bits per heavy atom. The standard InChI is InChI=1S/C16H23NO4/c18-12-11-15(7-3-1-4-8-15)13(19)17(12)16(14(20)21)9-5-2-6-10-16/h1-11H2,(H,20,21). The molecule has 3 aliphatic rings. The predicted molar refractivity (Wildman–Crippen MR) is 75.4 cm³/mol. The number of rotatable bonds is 2. The number of carbonyl (C=O) groups excluding carboxylic acids is 2. The van der Waals surface area contributed by atoms with E-state index in [9.17, 15) is 19.5 Å². The van der Waals surface area contributed by atoms with Gasteiger partial charge in [0, 0.05) is 6.42 Å². The van der Waals surface area contributed by atoms with Crippen LogP contribution in [0, 0.1) is 5.41 Å². The zero-order valence-corrected chi connectivity index (χ0v) is 12.4. The quantitative estimate of drug-likeness (QED) is 0.794. The molecule has 1 aliphatic heterocycles. The molecule has 0 radical (unpaired) electrons. The Labute approximate surface area is 124 Å². The third-order valence-electron chi connectivity index (χ3n) is 5.71. The van der Waals surface area contributed by atoms with E-state index in [1.165, 1.54) is 4.90 Å². The summed E-state index contributed by atoms with van der Waals surface area (Å²) in [7, 11) is 0. The minimum absolute atomic E-state index is 0.198. The maximum absolute atomic E-state index is 12.9. The van der Waals surface area contributed by atoms with Crippen molar-refractivity contribution in [1.82, 2.24) is 4.90 Å². The average molecular weight is 293 g/mol. The topological polar surface area (TPSA) is 74.7 Å². The summed E-state index contributed by atoms with van der Waals surface area (Å²) < 4.78 is 0. The van der Waals surface area contributed by atoms with E-state index in [2.05, 4.69) is 0 Å². The molecule has 0 unspecified atom stereocenters. The van der Waals surface area contributed by atoms with Crippen molar-refractivity contribution in [2.24, 2.45) is 5.41 Å². The summed E-state index contributed by atoms with van der Waals surface area (Å²) >= 11 is 0. The number of carboxylic acids is 1. The Bertz CT molecular complexity index is 473. The summed E-state index contributed by atoms with van der Waals surface area (Å²) in [6, 6.07) is 0. The summed E-state index contributed by atoms with van der Waals surface area (Å²) in [5, 5.41) is 9.73. The Balaban J connectivity index is 1.95. The van der Waals surface area contributed by atoms with Gasteiger partial charge in [-0.25, -0.2) is 4.79 Å². The van der Waals surface area contributed by atoms with Crippen LogP contribution in [0.15, 0.2) is 0 Å². The van der Waals surface area contributed by atoms with Gasteiger partial charge in [0.05, 0.1) is 5.41 Å². The normalized spacial score (nSPS) is 28.1. The Hall–Kier alpha value is -1.39. The summed E-state index contributed by atoms with van der Waals surface area (Å²) in [5.41, 5.74) is -1.86. The van der Waals surface area contributed by atoms with E-state index in [0.717, 1.165) is 51.4 Å². The molecule has 3 fully saturated rings. The van der Waals surface area contributed by atoms with E-state index in [1.807, 2.05) is 0 Å². The maximum Gasteiger partial charge on any atom is 0.330 e. The Morgan fingerprint density at radius 2 is 1.43 bits per heavy atom. The van der Waals surface area contributed by atoms with Gasteiger partial charge in [0.25, 0.3) is 0 Å². The van der Waals surface area contributed by atoms with Crippen molar-refractivity contribution in [3.63, 3.8) is 0 Å². The molecule has 1 N–H and O–H groups in total. The highest BCUT2D eigenvalue weighted by Gasteiger charge is 2.60. The minimum Gasteiger partial charge on any atom is -0.479 e. The fourth-order valence-corrected chi connectivity index (χ4v) is 4.52. The smallest absolute Gasteiger partial charge is 0.330 e. The molecule has 0 bridgehead atoms. The molecule has 1 spiro atoms. The lowest BCUT2D eigenvalue weighted by atomic mass is 9.72. The van der Waals surface area contributed by atoms with Crippen molar-refractivity contribution in [3.05, 3.63) is 0 Å². The number of hydrogen-bond donors (Lipinski definition) is 1. The molecule has 3 rings (SSSR count). The van der Waals surface area contributed by atoms with Crippen molar-refractivity contribution < 1.29 is 19.5 Å². The molecular weight excluding hydrogens is 270 g/mol. The average Bonchev–Trinajstić information content (AvgIpc) is 2.71. The molecule has 0 aromatic heterocycles. The fraction of sp³-hybridized carbons (Fsp3) is 0.812. The zero-order chi connectivity index (χ0) is 15.1. The molecule has 0 aromatic carbocycles. The van der Waals surface area contributed by atoms with Crippen LogP contribution in [0.3, 0.4) is 0 Å². The first kappa shape index (κ1) is 14.5. The van der Waals surface area contributed by atoms with Gasteiger partial charge in [-0.15, -0.1) is 0 Å². The van der Waals surface area contributed by atoms with Crippen LogP contribution >= 0.6 is 0 Å². The van der Waals surface area contributed by atoms with Crippen molar-refractivity contribution in [3.8, 4) is 0 Å². The number of imide groups is 1. The minimum atomic E-state index is -1.27. The van der Waals surface area contributed by atoms with E-state index in [4.69, 9.17) is 0 Å². The summed E-state index contributed by atoms with van der Waals surface area (Å²) in [6.07, 6.45) is 8.09. The lowest BCUT2D eigenvalue weighted by molar-refractivity contribution is -0.167. The predicted octanol–water partition coefficient (Wildman–Crippen LogP) is 2.48. The van der Waals surface area contributed by atoms with Crippen LogP contribution in [-0.2, 0) is 14.4 Å². The lowest BCUT2D eigenvalue weighted by Gasteiger charge is -2.41. The molecule has 1 heterocycles. The fourth-order valence-electron chi connectivity index (χ4n) is 4.52. The highest BCUT2D eigenvalue weighted by molar-refractivity contribution is 6.09. The molecule has 0 atom stereocenters. The molecule has 21 heavy (non-hydrogen) atoms. The second-order valence-corrected chi connectivity index (χ2v) is 6.95. The van der Waals surface area contributed by atoms with Crippen molar-refractivity contribution >= 4 is 17.8 Å². The van der Waals surface area contributed by atoms with Crippen molar-refractivity contribution in [1.29, 1.82) is 0 Å². The molecule has 5 nitrogen and oxygen atoms in total. The summed E-state index contributed by atoms with van der Waals surface area (Å²) in [5.74, 6) is -1.46. The highest BCUT2D eigenvalue weighted by atomic mass is 16.4. The van der Waals surface area contributed by atoms with Crippen LogP contribution in [0.25, 0.3) is 0 Å². The Morgan fingerprint density at radius 1 is 0.905 bits per heavy atom. The van der Waals surface area contributed by atoms with Crippen molar-refractivity contribution in [2.45, 2.75) is 76.2 Å². The van der Waals surface area contributed by atoms with Crippen LogP contribution < -0.4 is 0 Å². The number of likely N-dealkylation sites (tertiary alicyclic amines) is 1. The zero-order valence-electron chi connectivity index (χ0n) is 12.4. The van der Waals surface area contributed by atoms with Crippen LogP contribution in [-0.4, -0.2) is 33.3 Å². The molecule has 116 valence electrons. The SMILES string of the molecule is O=C1CC2(CCCCC2)C(=O)N1C1(C(=O)O)CCCCC1. The molecule has 2 amide bonds. The van der Waals surface area contributed by atoms with Gasteiger partial charge in [-0.1, -0.05) is 38.5 Å². The number of carboxylic acid groups (broad SMARTS) is 1. The largest absolute Gasteiger partial charge is 0.479 e. The third-order valence-corrected chi connectivity index (χ3v) is 5.71. The third kappa shape index (κ3) is 2.09. The molecule has 5 heteroatoms. The summed E-state index contributed by atoms with van der Waals surface area (Å²) in [6.45, 7) is 0. The highest BCUT2D eigenvalue weighted by Crippen LogP contribution is 2.49. The monoisotopic (exact) mass is 293 g/mol. The number of carbonyl (C=O) groups is 3. The summed E-state index contributed by atoms with van der Waals surface area (Å²) in [4.78, 5) is 38.5. The molecule has 1 saturated heterocycles. The maximum atomic E-state index is 12.9.